The minimum absolute atomic E-state index is 0.102. The number of hydrogen-bond acceptors (Lipinski definition) is 4. The summed E-state index contributed by atoms with van der Waals surface area (Å²) < 4.78 is 5.19. The number of imide groups is 1. The second kappa shape index (κ2) is 9.30. The van der Waals surface area contributed by atoms with Crippen LogP contribution in [0, 0.1) is 0 Å². The smallest absolute Gasteiger partial charge is 0.229 e. The molecule has 0 saturated carbocycles. The van der Waals surface area contributed by atoms with Gasteiger partial charge in [0.1, 0.15) is 0 Å². The molecule has 7 heteroatoms. The molecule has 1 rings (SSSR count). The van der Waals surface area contributed by atoms with Crippen LogP contribution < -0.4 is 11.1 Å². The lowest BCUT2D eigenvalue weighted by Crippen LogP contribution is -2.45. The highest BCUT2D eigenvalue weighted by molar-refractivity contribution is 5.97. The van der Waals surface area contributed by atoms with Crippen molar-refractivity contribution in [1.82, 2.24) is 10.2 Å². The maximum Gasteiger partial charge on any atom is 0.229 e. The van der Waals surface area contributed by atoms with Gasteiger partial charge in [-0.05, 0) is 19.8 Å². The van der Waals surface area contributed by atoms with Gasteiger partial charge >= 0.3 is 0 Å². The zero-order valence-corrected chi connectivity index (χ0v) is 12.1. The number of carbonyl (C=O) groups is 2. The third-order valence-corrected chi connectivity index (χ3v) is 2.96. The van der Waals surface area contributed by atoms with Crippen molar-refractivity contribution in [3.63, 3.8) is 0 Å². The molecule has 3 N–H and O–H groups in total. The van der Waals surface area contributed by atoms with E-state index in [4.69, 9.17) is 10.5 Å². The summed E-state index contributed by atoms with van der Waals surface area (Å²) in [6.45, 7) is 4.69. The second-order valence-electron chi connectivity index (χ2n) is 4.54. The van der Waals surface area contributed by atoms with Crippen LogP contribution in [0.15, 0.2) is 4.99 Å². The number of nitrogens with zero attached hydrogens (tertiary/aromatic N) is 2. The maximum absolute atomic E-state index is 11.6. The Balaban J connectivity index is 2.17. The number of carbonyl (C=O) groups excluding carboxylic acids is 2. The Hall–Kier alpha value is -1.63. The average molecular weight is 284 g/mol. The van der Waals surface area contributed by atoms with Crippen molar-refractivity contribution in [2.75, 3.05) is 32.8 Å². The summed E-state index contributed by atoms with van der Waals surface area (Å²) in [5.41, 5.74) is 5.68. The molecule has 1 fully saturated rings. The number of rotatable bonds is 8. The van der Waals surface area contributed by atoms with Gasteiger partial charge in [0.15, 0.2) is 5.96 Å². The minimum atomic E-state index is -0.102. The Morgan fingerprint density at radius 1 is 1.40 bits per heavy atom. The molecule has 0 aromatic carbocycles. The van der Waals surface area contributed by atoms with Crippen molar-refractivity contribution in [2.45, 2.75) is 32.6 Å². The van der Waals surface area contributed by atoms with E-state index in [1.54, 1.807) is 0 Å². The molecule has 0 radical (unpaired) electrons. The third kappa shape index (κ3) is 6.01. The number of likely N-dealkylation sites (tertiary alicyclic amines) is 1. The maximum atomic E-state index is 11.6. The summed E-state index contributed by atoms with van der Waals surface area (Å²) in [6, 6.07) is 0. The Bertz CT molecular complexity index is 342. The van der Waals surface area contributed by atoms with Gasteiger partial charge in [0.05, 0.1) is 0 Å². The predicted molar refractivity (Wildman–Crippen MR) is 76.2 cm³/mol. The fourth-order valence-electron chi connectivity index (χ4n) is 1.91. The number of ether oxygens (including phenoxy) is 1. The summed E-state index contributed by atoms with van der Waals surface area (Å²) in [6.07, 6.45) is 2.38. The Labute approximate surface area is 119 Å². The van der Waals surface area contributed by atoms with Crippen LogP contribution in [0.5, 0.6) is 0 Å². The molecule has 0 unspecified atom stereocenters. The van der Waals surface area contributed by atoms with Gasteiger partial charge in [-0.15, -0.1) is 0 Å². The van der Waals surface area contributed by atoms with E-state index in [1.807, 2.05) is 6.92 Å². The van der Waals surface area contributed by atoms with Crippen LogP contribution in [0.25, 0.3) is 0 Å². The van der Waals surface area contributed by atoms with Crippen molar-refractivity contribution in [3.8, 4) is 0 Å². The highest BCUT2D eigenvalue weighted by Crippen LogP contribution is 2.11. The second-order valence-corrected chi connectivity index (χ2v) is 4.54. The molecule has 1 heterocycles. The molecule has 20 heavy (non-hydrogen) atoms. The Kier molecular flexibility index (Phi) is 7.64. The van der Waals surface area contributed by atoms with Crippen LogP contribution in [0.4, 0.5) is 0 Å². The van der Waals surface area contributed by atoms with Crippen LogP contribution in [0.1, 0.15) is 32.6 Å². The van der Waals surface area contributed by atoms with Crippen LogP contribution >= 0.6 is 0 Å². The van der Waals surface area contributed by atoms with Gasteiger partial charge in [0.25, 0.3) is 0 Å². The van der Waals surface area contributed by atoms with E-state index < -0.39 is 0 Å². The number of aliphatic imine (C=N–C) groups is 1. The van der Waals surface area contributed by atoms with Gasteiger partial charge < -0.3 is 15.8 Å². The molecule has 0 atom stereocenters. The lowest BCUT2D eigenvalue weighted by molar-refractivity contribution is -0.147. The van der Waals surface area contributed by atoms with Gasteiger partial charge in [0, 0.05) is 45.7 Å². The van der Waals surface area contributed by atoms with Crippen molar-refractivity contribution >= 4 is 17.8 Å². The topological polar surface area (TPSA) is 97.0 Å². The number of nitrogens with one attached hydrogen (secondary N) is 1. The highest BCUT2D eigenvalue weighted by Gasteiger charge is 2.24. The summed E-state index contributed by atoms with van der Waals surface area (Å²) in [7, 11) is 0. The van der Waals surface area contributed by atoms with Crippen molar-refractivity contribution < 1.29 is 14.3 Å². The van der Waals surface area contributed by atoms with Gasteiger partial charge in [-0.25, -0.2) is 0 Å². The largest absolute Gasteiger partial charge is 0.382 e. The molecule has 114 valence electrons. The van der Waals surface area contributed by atoms with Crippen LogP contribution in [-0.2, 0) is 14.3 Å². The Morgan fingerprint density at radius 2 is 2.10 bits per heavy atom. The van der Waals surface area contributed by atoms with E-state index in [1.165, 1.54) is 4.90 Å². The van der Waals surface area contributed by atoms with Crippen LogP contribution in [0.2, 0.25) is 0 Å². The van der Waals surface area contributed by atoms with E-state index in [0.717, 1.165) is 6.42 Å². The molecule has 0 bridgehead atoms. The molecule has 1 aliphatic rings. The van der Waals surface area contributed by atoms with Crippen LogP contribution in [-0.4, -0.2) is 55.5 Å². The number of nitrogens with two attached hydrogens (primary N) is 1. The van der Waals surface area contributed by atoms with Crippen molar-refractivity contribution in [3.05, 3.63) is 0 Å². The molecule has 7 nitrogen and oxygen atoms in total. The predicted octanol–water partition coefficient (Wildman–Crippen LogP) is -0.144. The number of amides is 2. The first-order valence-corrected chi connectivity index (χ1v) is 7.10. The molecule has 0 aromatic rings. The molecule has 2 amide bonds. The molecular formula is C13H24N4O3. The SMILES string of the molecule is CCOCCCN=C(N)NCCN1C(=O)CCCC1=O. The fourth-order valence-corrected chi connectivity index (χ4v) is 1.91. The van der Waals surface area contributed by atoms with Crippen molar-refractivity contribution in [2.24, 2.45) is 10.7 Å². The van der Waals surface area contributed by atoms with E-state index in [0.29, 0.717) is 58.1 Å². The fraction of sp³-hybridized carbons (Fsp3) is 0.769. The number of piperidine rings is 1. The van der Waals surface area contributed by atoms with E-state index in [-0.39, 0.29) is 11.8 Å². The molecule has 0 spiro atoms. The first-order chi connectivity index (χ1) is 9.65. The molecule has 0 aromatic heterocycles. The summed E-state index contributed by atoms with van der Waals surface area (Å²) >= 11 is 0. The standard InChI is InChI=1S/C13H24N4O3/c1-2-20-10-4-7-15-13(14)16-8-9-17-11(18)5-3-6-12(17)19/h2-10H2,1H3,(H3,14,15,16). The zero-order chi connectivity index (χ0) is 14.8. The quantitative estimate of drug-likeness (QED) is 0.280. The van der Waals surface area contributed by atoms with Gasteiger partial charge in [-0.2, -0.15) is 0 Å². The molecule has 0 aliphatic carbocycles. The minimum Gasteiger partial charge on any atom is -0.382 e. The van der Waals surface area contributed by atoms with E-state index >= 15 is 0 Å². The van der Waals surface area contributed by atoms with Gasteiger partial charge in [0.2, 0.25) is 11.8 Å². The number of guanidine groups is 1. The Morgan fingerprint density at radius 3 is 2.75 bits per heavy atom. The lowest BCUT2D eigenvalue weighted by Gasteiger charge is -2.24. The average Bonchev–Trinajstić information content (AvgIpc) is 2.42. The van der Waals surface area contributed by atoms with Crippen molar-refractivity contribution in [1.29, 1.82) is 0 Å². The lowest BCUT2D eigenvalue weighted by atomic mass is 10.1. The highest BCUT2D eigenvalue weighted by atomic mass is 16.5. The zero-order valence-electron chi connectivity index (χ0n) is 12.1. The first kappa shape index (κ1) is 16.4. The molecular weight excluding hydrogens is 260 g/mol. The van der Waals surface area contributed by atoms with E-state index in [9.17, 15) is 9.59 Å². The number of hydrogen-bond donors (Lipinski definition) is 2. The summed E-state index contributed by atoms with van der Waals surface area (Å²) in [5.74, 6) is 0.129. The summed E-state index contributed by atoms with van der Waals surface area (Å²) in [5, 5.41) is 2.90. The van der Waals surface area contributed by atoms with Crippen LogP contribution in [0.3, 0.4) is 0 Å². The van der Waals surface area contributed by atoms with Gasteiger partial charge in [-0.1, -0.05) is 0 Å². The monoisotopic (exact) mass is 284 g/mol. The first-order valence-electron chi connectivity index (χ1n) is 7.10. The van der Waals surface area contributed by atoms with E-state index in [2.05, 4.69) is 10.3 Å². The molecule has 1 aliphatic heterocycles. The third-order valence-electron chi connectivity index (χ3n) is 2.96. The van der Waals surface area contributed by atoms with Gasteiger partial charge in [-0.3, -0.25) is 19.5 Å². The normalized spacial score (nSPS) is 16.6. The summed E-state index contributed by atoms with van der Waals surface area (Å²) in [4.78, 5) is 28.5. The molecule has 1 saturated heterocycles.